The summed E-state index contributed by atoms with van der Waals surface area (Å²) in [6.45, 7) is 4.00. The molecule has 0 bridgehead atoms. The molecule has 0 aliphatic heterocycles. The molecule has 1 amide bonds. The highest BCUT2D eigenvalue weighted by Gasteiger charge is 2.39. The topological polar surface area (TPSA) is 47.4 Å². The summed E-state index contributed by atoms with van der Waals surface area (Å²) in [6, 6.07) is -0.261. The average Bonchev–Trinajstić information content (AvgIpc) is 2.79. The van der Waals surface area contributed by atoms with Gasteiger partial charge in [0, 0.05) is 13.2 Å². The van der Waals surface area contributed by atoms with E-state index in [-0.39, 0.29) is 17.0 Å². The lowest BCUT2D eigenvalue weighted by atomic mass is 9.76. The molecule has 0 N–H and O–H groups in total. The van der Waals surface area contributed by atoms with Gasteiger partial charge in [-0.3, -0.25) is 14.3 Å². The Bertz CT molecular complexity index is 615. The number of alkyl halides is 2. The van der Waals surface area contributed by atoms with Crippen molar-refractivity contribution in [1.29, 1.82) is 0 Å². The first kappa shape index (κ1) is 18.6. The zero-order valence-electron chi connectivity index (χ0n) is 14.6. The van der Waals surface area contributed by atoms with E-state index in [1.54, 1.807) is 0 Å². The summed E-state index contributed by atoms with van der Waals surface area (Å²) < 4.78 is 27.5. The Labute approximate surface area is 141 Å². The molecule has 1 aliphatic carbocycles. The third-order valence-electron chi connectivity index (χ3n) is 4.92. The van der Waals surface area contributed by atoms with Crippen LogP contribution in [0, 0.1) is 5.41 Å². The van der Waals surface area contributed by atoms with Gasteiger partial charge in [0.25, 0.3) is 12.3 Å². The van der Waals surface area contributed by atoms with Crippen LogP contribution in [0.15, 0.2) is 18.3 Å². The van der Waals surface area contributed by atoms with Crippen molar-refractivity contribution in [2.45, 2.75) is 52.0 Å². The molecular weight excluding hydrogens is 316 g/mol. The van der Waals surface area contributed by atoms with E-state index >= 15 is 0 Å². The Morgan fingerprint density at radius 2 is 2.17 bits per heavy atom. The average molecular weight is 341 g/mol. The van der Waals surface area contributed by atoms with Crippen molar-refractivity contribution in [2.75, 3.05) is 7.11 Å². The van der Waals surface area contributed by atoms with Gasteiger partial charge in [-0.15, -0.1) is 0 Å². The molecule has 0 radical (unpaired) electrons. The van der Waals surface area contributed by atoms with Crippen LogP contribution in [0.5, 0.6) is 0 Å². The van der Waals surface area contributed by atoms with Gasteiger partial charge >= 0.3 is 0 Å². The summed E-state index contributed by atoms with van der Waals surface area (Å²) in [6.07, 6.45) is 6.57. The molecule has 134 valence electrons. The lowest BCUT2D eigenvalue weighted by molar-refractivity contribution is -0.146. The Hall–Kier alpha value is -1.76. The standard InChI is InChI=1S/C17H25F2N3O2/c1-12(17(2)9-7-5-6-8-10-17)22(24-4)16(23)13-11-21(3)20-14(13)15(18)19/h5,7,11-12,15H,6,8-10H2,1-4H3. The van der Waals surface area contributed by atoms with Crippen LogP contribution in [0.2, 0.25) is 0 Å². The van der Waals surface area contributed by atoms with Crippen LogP contribution in [0.4, 0.5) is 8.78 Å². The normalized spacial score (nSPS) is 22.5. The highest BCUT2D eigenvalue weighted by molar-refractivity contribution is 5.94. The molecule has 1 aromatic rings. The van der Waals surface area contributed by atoms with E-state index in [0.717, 1.165) is 25.7 Å². The molecule has 24 heavy (non-hydrogen) atoms. The van der Waals surface area contributed by atoms with Crippen LogP contribution >= 0.6 is 0 Å². The summed E-state index contributed by atoms with van der Waals surface area (Å²) in [5.74, 6) is -0.581. The number of aryl methyl sites for hydroxylation is 1. The molecule has 2 unspecified atom stereocenters. The Morgan fingerprint density at radius 3 is 2.79 bits per heavy atom. The molecule has 0 fully saturated rings. The number of carbonyl (C=O) groups excluding carboxylic acids is 1. The largest absolute Gasteiger partial charge is 0.282 e. The van der Waals surface area contributed by atoms with Crippen molar-refractivity contribution in [3.63, 3.8) is 0 Å². The number of allylic oxidation sites excluding steroid dienone is 2. The summed E-state index contributed by atoms with van der Waals surface area (Å²) in [5, 5.41) is 4.91. The monoisotopic (exact) mass is 341 g/mol. The maximum Gasteiger partial charge on any atom is 0.282 e. The predicted octanol–water partition coefficient (Wildman–Crippen LogP) is 3.89. The van der Waals surface area contributed by atoms with Crippen molar-refractivity contribution in [3.8, 4) is 0 Å². The molecule has 0 spiro atoms. The van der Waals surface area contributed by atoms with Gasteiger partial charge in [0.15, 0.2) is 0 Å². The number of hydroxylamine groups is 2. The Balaban J connectivity index is 2.30. The van der Waals surface area contributed by atoms with Crippen molar-refractivity contribution in [3.05, 3.63) is 29.6 Å². The van der Waals surface area contributed by atoms with E-state index in [1.165, 1.54) is 30.1 Å². The van der Waals surface area contributed by atoms with Crippen molar-refractivity contribution < 1.29 is 18.4 Å². The number of halogens is 2. The number of hydrogen-bond acceptors (Lipinski definition) is 3. The van der Waals surface area contributed by atoms with Gasteiger partial charge in [0.1, 0.15) is 5.69 Å². The number of rotatable bonds is 5. The minimum atomic E-state index is -2.81. The van der Waals surface area contributed by atoms with Gasteiger partial charge < -0.3 is 0 Å². The fourth-order valence-electron chi connectivity index (χ4n) is 3.23. The smallest absolute Gasteiger partial charge is 0.275 e. The van der Waals surface area contributed by atoms with Gasteiger partial charge in [-0.1, -0.05) is 19.1 Å². The first-order valence-corrected chi connectivity index (χ1v) is 8.14. The molecule has 0 saturated carbocycles. The van der Waals surface area contributed by atoms with Crippen molar-refractivity contribution in [2.24, 2.45) is 12.5 Å². The number of carbonyl (C=O) groups is 1. The molecule has 5 nitrogen and oxygen atoms in total. The lowest BCUT2D eigenvalue weighted by Gasteiger charge is -2.40. The number of nitrogens with zero attached hydrogens (tertiary/aromatic N) is 3. The molecule has 7 heteroatoms. The predicted molar refractivity (Wildman–Crippen MR) is 86.5 cm³/mol. The van der Waals surface area contributed by atoms with Gasteiger partial charge in [-0.05, 0) is 38.0 Å². The van der Waals surface area contributed by atoms with Crippen LogP contribution < -0.4 is 0 Å². The van der Waals surface area contributed by atoms with Crippen molar-refractivity contribution >= 4 is 5.91 Å². The second-order valence-electron chi connectivity index (χ2n) is 6.61. The zero-order valence-corrected chi connectivity index (χ0v) is 14.6. The summed E-state index contributed by atoms with van der Waals surface area (Å²) in [5.41, 5.74) is -0.803. The second-order valence-corrected chi connectivity index (χ2v) is 6.61. The van der Waals surface area contributed by atoms with Gasteiger partial charge in [-0.25, -0.2) is 13.8 Å². The molecule has 2 atom stereocenters. The van der Waals surface area contributed by atoms with E-state index in [9.17, 15) is 13.6 Å². The van der Waals surface area contributed by atoms with Crippen LogP contribution in [-0.4, -0.2) is 33.9 Å². The van der Waals surface area contributed by atoms with Gasteiger partial charge in [0.2, 0.25) is 0 Å². The molecule has 1 aromatic heterocycles. The number of amides is 1. The van der Waals surface area contributed by atoms with Gasteiger partial charge in [-0.2, -0.15) is 5.10 Å². The minimum Gasteiger partial charge on any atom is -0.275 e. The van der Waals surface area contributed by atoms with Crippen LogP contribution in [0.25, 0.3) is 0 Å². The minimum absolute atomic E-state index is 0.117. The number of hydrogen-bond donors (Lipinski definition) is 0. The van der Waals surface area contributed by atoms with E-state index in [0.29, 0.717) is 0 Å². The zero-order chi connectivity index (χ0) is 17.9. The highest BCUT2D eigenvalue weighted by atomic mass is 19.3. The van der Waals surface area contributed by atoms with Crippen LogP contribution in [0.3, 0.4) is 0 Å². The molecule has 0 saturated heterocycles. The van der Waals surface area contributed by atoms with E-state index in [1.807, 2.05) is 6.92 Å². The summed E-state index contributed by atoms with van der Waals surface area (Å²) in [7, 11) is 2.91. The fraction of sp³-hybridized carbons (Fsp3) is 0.647. The Kier molecular flexibility index (Phi) is 5.74. The molecule has 1 heterocycles. The second kappa shape index (κ2) is 7.42. The molecule has 0 aromatic carbocycles. The van der Waals surface area contributed by atoms with Gasteiger partial charge in [0.05, 0.1) is 18.7 Å². The molecule has 1 aliphatic rings. The maximum atomic E-state index is 13.2. The Morgan fingerprint density at radius 1 is 1.46 bits per heavy atom. The third-order valence-corrected chi connectivity index (χ3v) is 4.92. The highest BCUT2D eigenvalue weighted by Crippen LogP contribution is 2.38. The van der Waals surface area contributed by atoms with E-state index < -0.39 is 18.0 Å². The van der Waals surface area contributed by atoms with Crippen LogP contribution in [0.1, 0.15) is 62.0 Å². The van der Waals surface area contributed by atoms with E-state index in [2.05, 4.69) is 24.2 Å². The third kappa shape index (κ3) is 3.66. The first-order valence-electron chi connectivity index (χ1n) is 8.14. The SMILES string of the molecule is CON(C(=O)c1cn(C)nc1C(F)F)C(C)C1(C)CC=CCCC1. The lowest BCUT2D eigenvalue weighted by Crippen LogP contribution is -2.47. The fourth-order valence-corrected chi connectivity index (χ4v) is 3.23. The van der Waals surface area contributed by atoms with Crippen LogP contribution in [-0.2, 0) is 11.9 Å². The van der Waals surface area contributed by atoms with E-state index in [4.69, 9.17) is 4.84 Å². The molecule has 2 rings (SSSR count). The number of aromatic nitrogens is 2. The molecular formula is C17H25F2N3O2. The maximum absolute atomic E-state index is 13.2. The quantitative estimate of drug-likeness (QED) is 0.603. The van der Waals surface area contributed by atoms with Crippen molar-refractivity contribution in [1.82, 2.24) is 14.8 Å². The summed E-state index contributed by atoms with van der Waals surface area (Å²) >= 11 is 0. The first-order chi connectivity index (χ1) is 11.3. The summed E-state index contributed by atoms with van der Waals surface area (Å²) in [4.78, 5) is 18.1.